The summed E-state index contributed by atoms with van der Waals surface area (Å²) in [7, 11) is 1.37. The summed E-state index contributed by atoms with van der Waals surface area (Å²) in [6, 6.07) is 5.60. The van der Waals surface area contributed by atoms with Gasteiger partial charge in [0.2, 0.25) is 0 Å². The number of carbonyl (C=O) groups excluding carboxylic acids is 2. The summed E-state index contributed by atoms with van der Waals surface area (Å²) in [6.45, 7) is 5.80. The van der Waals surface area contributed by atoms with Crippen molar-refractivity contribution in [2.24, 2.45) is 0 Å². The van der Waals surface area contributed by atoms with Gasteiger partial charge in [-0.15, -0.1) is 0 Å². The van der Waals surface area contributed by atoms with Crippen LogP contribution in [0.4, 0.5) is 10.5 Å². The van der Waals surface area contributed by atoms with Crippen molar-refractivity contribution in [3.8, 4) is 0 Å². The highest BCUT2D eigenvalue weighted by molar-refractivity contribution is 5.69. The predicted octanol–water partition coefficient (Wildman–Crippen LogP) is 2.79. The molecule has 0 radical (unpaired) electrons. The van der Waals surface area contributed by atoms with Crippen LogP contribution in [-0.4, -0.2) is 24.8 Å². The van der Waals surface area contributed by atoms with Crippen LogP contribution in [0.3, 0.4) is 0 Å². The van der Waals surface area contributed by atoms with Gasteiger partial charge in [-0.3, -0.25) is 4.79 Å². The van der Waals surface area contributed by atoms with E-state index in [9.17, 15) is 9.59 Å². The molecule has 3 N–H and O–H groups in total. The molecule has 0 fully saturated rings. The molecule has 128 valence electrons. The Balaban J connectivity index is 2.56. The minimum absolute atomic E-state index is 0.230. The van der Waals surface area contributed by atoms with E-state index in [4.69, 9.17) is 10.5 Å². The Morgan fingerprint density at radius 2 is 1.96 bits per heavy atom. The van der Waals surface area contributed by atoms with Crippen LogP contribution in [0.15, 0.2) is 18.2 Å². The van der Waals surface area contributed by atoms with Crippen molar-refractivity contribution in [3.05, 3.63) is 29.3 Å². The zero-order valence-corrected chi connectivity index (χ0v) is 14.3. The van der Waals surface area contributed by atoms with Crippen molar-refractivity contribution in [2.75, 3.05) is 12.8 Å². The van der Waals surface area contributed by atoms with Gasteiger partial charge in [-0.05, 0) is 50.8 Å². The van der Waals surface area contributed by atoms with E-state index in [0.717, 1.165) is 11.1 Å². The molecule has 1 amide bonds. The van der Waals surface area contributed by atoms with E-state index in [2.05, 4.69) is 10.1 Å². The normalized spacial score (nSPS) is 11.0. The Bertz CT molecular complexity index is 550. The predicted molar refractivity (Wildman–Crippen MR) is 88.9 cm³/mol. The fourth-order valence-electron chi connectivity index (χ4n) is 2.00. The van der Waals surface area contributed by atoms with Crippen LogP contribution in [0.25, 0.3) is 0 Å². The van der Waals surface area contributed by atoms with Gasteiger partial charge < -0.3 is 20.5 Å². The summed E-state index contributed by atoms with van der Waals surface area (Å²) in [5, 5.41) is 2.71. The van der Waals surface area contributed by atoms with Crippen LogP contribution in [0.2, 0.25) is 0 Å². The fraction of sp³-hybridized carbons (Fsp3) is 0.529. The molecular formula is C17H26N2O4. The molecule has 1 aromatic carbocycles. The Kier molecular flexibility index (Phi) is 6.88. The minimum Gasteiger partial charge on any atom is -0.469 e. The van der Waals surface area contributed by atoms with E-state index in [1.807, 2.05) is 32.9 Å². The molecule has 0 atom stereocenters. The smallest absolute Gasteiger partial charge is 0.407 e. The number of alkyl carbamates (subject to hydrolysis) is 1. The number of hydrogen-bond acceptors (Lipinski definition) is 5. The maximum Gasteiger partial charge on any atom is 0.407 e. The van der Waals surface area contributed by atoms with Crippen LogP contribution < -0.4 is 11.1 Å². The van der Waals surface area contributed by atoms with Gasteiger partial charge in [-0.1, -0.05) is 12.1 Å². The molecule has 0 bridgehead atoms. The summed E-state index contributed by atoms with van der Waals surface area (Å²) < 4.78 is 9.81. The fourth-order valence-corrected chi connectivity index (χ4v) is 2.00. The van der Waals surface area contributed by atoms with Crippen LogP contribution in [0.5, 0.6) is 0 Å². The minimum atomic E-state index is -0.524. The number of ether oxygens (including phenoxy) is 2. The Morgan fingerprint density at radius 1 is 1.26 bits per heavy atom. The van der Waals surface area contributed by atoms with Crippen molar-refractivity contribution in [3.63, 3.8) is 0 Å². The third kappa shape index (κ3) is 7.54. The first-order valence-corrected chi connectivity index (χ1v) is 7.62. The molecule has 0 aliphatic carbocycles. The maximum absolute atomic E-state index is 11.7. The summed E-state index contributed by atoms with van der Waals surface area (Å²) in [6.07, 6.45) is 1.25. The molecule has 0 aliphatic heterocycles. The van der Waals surface area contributed by atoms with Crippen LogP contribution in [0, 0.1) is 0 Å². The molecule has 1 rings (SSSR count). The lowest BCUT2D eigenvalue weighted by Crippen LogP contribution is -2.32. The van der Waals surface area contributed by atoms with Crippen molar-refractivity contribution in [1.29, 1.82) is 0 Å². The van der Waals surface area contributed by atoms with E-state index in [0.29, 0.717) is 31.5 Å². The Hall–Kier alpha value is -2.24. The van der Waals surface area contributed by atoms with Crippen LogP contribution in [-0.2, 0) is 27.2 Å². The van der Waals surface area contributed by atoms with E-state index in [1.165, 1.54) is 7.11 Å². The Morgan fingerprint density at radius 3 is 2.57 bits per heavy atom. The first-order chi connectivity index (χ1) is 10.7. The van der Waals surface area contributed by atoms with Gasteiger partial charge >= 0.3 is 12.1 Å². The number of rotatable bonds is 6. The molecule has 0 saturated carbocycles. The number of esters is 1. The molecule has 0 saturated heterocycles. The molecule has 0 unspecified atom stereocenters. The third-order valence-corrected chi connectivity index (χ3v) is 3.10. The number of nitrogens with one attached hydrogen (secondary N) is 1. The molecule has 6 heteroatoms. The first-order valence-electron chi connectivity index (χ1n) is 7.62. The second kappa shape index (κ2) is 8.41. The number of hydrogen-bond donors (Lipinski definition) is 2. The lowest BCUT2D eigenvalue weighted by molar-refractivity contribution is -0.140. The van der Waals surface area contributed by atoms with Crippen molar-refractivity contribution in [2.45, 2.75) is 52.2 Å². The van der Waals surface area contributed by atoms with E-state index in [1.54, 1.807) is 6.07 Å². The molecule has 0 heterocycles. The van der Waals surface area contributed by atoms with Crippen molar-refractivity contribution in [1.82, 2.24) is 5.32 Å². The molecule has 6 nitrogen and oxygen atoms in total. The van der Waals surface area contributed by atoms with Gasteiger partial charge in [0, 0.05) is 18.7 Å². The summed E-state index contributed by atoms with van der Waals surface area (Å²) in [5.74, 6) is -0.230. The average Bonchev–Trinajstić information content (AvgIpc) is 2.45. The van der Waals surface area contributed by atoms with Crippen LogP contribution in [0.1, 0.15) is 44.7 Å². The maximum atomic E-state index is 11.7. The molecule has 1 aromatic rings. The second-order valence-electron chi connectivity index (χ2n) is 6.32. The number of aryl methyl sites for hydroxylation is 1. The van der Waals surface area contributed by atoms with Crippen molar-refractivity contribution >= 4 is 17.7 Å². The number of nitrogen functional groups attached to an aromatic ring is 1. The topological polar surface area (TPSA) is 90.6 Å². The van der Waals surface area contributed by atoms with Gasteiger partial charge in [-0.25, -0.2) is 4.79 Å². The van der Waals surface area contributed by atoms with Gasteiger partial charge in [-0.2, -0.15) is 0 Å². The number of nitrogens with two attached hydrogens (primary N) is 1. The number of benzene rings is 1. The monoisotopic (exact) mass is 322 g/mol. The largest absolute Gasteiger partial charge is 0.469 e. The summed E-state index contributed by atoms with van der Waals surface area (Å²) in [4.78, 5) is 22.8. The number of carbonyl (C=O) groups is 2. The summed E-state index contributed by atoms with van der Waals surface area (Å²) >= 11 is 0. The highest BCUT2D eigenvalue weighted by Crippen LogP contribution is 2.17. The molecular weight excluding hydrogens is 296 g/mol. The van der Waals surface area contributed by atoms with Gasteiger partial charge in [0.05, 0.1) is 7.11 Å². The molecule has 0 spiro atoms. The van der Waals surface area contributed by atoms with Gasteiger partial charge in [0.1, 0.15) is 5.60 Å². The average molecular weight is 322 g/mol. The number of methoxy groups -OCH3 is 1. The highest BCUT2D eigenvalue weighted by atomic mass is 16.6. The van der Waals surface area contributed by atoms with Gasteiger partial charge in [0.25, 0.3) is 0 Å². The lowest BCUT2D eigenvalue weighted by atomic mass is 10.0. The molecule has 0 aromatic heterocycles. The van der Waals surface area contributed by atoms with E-state index < -0.39 is 11.7 Å². The highest BCUT2D eigenvalue weighted by Gasteiger charge is 2.15. The number of amides is 1. The molecule has 0 aliphatic rings. The lowest BCUT2D eigenvalue weighted by Gasteiger charge is -2.19. The van der Waals surface area contributed by atoms with E-state index >= 15 is 0 Å². The standard InChI is InChI=1S/C17H26N2O4/c1-17(2,3)23-16(21)19-11-12-8-9-14(18)13(10-12)6-5-7-15(20)22-4/h8-10H,5-7,11,18H2,1-4H3,(H,19,21). The van der Waals surface area contributed by atoms with Gasteiger partial charge in [0.15, 0.2) is 0 Å². The van der Waals surface area contributed by atoms with E-state index in [-0.39, 0.29) is 5.97 Å². The third-order valence-electron chi connectivity index (χ3n) is 3.10. The van der Waals surface area contributed by atoms with Crippen LogP contribution >= 0.6 is 0 Å². The first kappa shape index (κ1) is 18.8. The summed E-state index contributed by atoms with van der Waals surface area (Å²) in [5.41, 5.74) is 7.99. The SMILES string of the molecule is COC(=O)CCCc1cc(CNC(=O)OC(C)(C)C)ccc1N. The quantitative estimate of drug-likeness (QED) is 0.621. The molecule has 23 heavy (non-hydrogen) atoms. The number of anilines is 1. The zero-order valence-electron chi connectivity index (χ0n) is 14.3. The Labute approximate surface area is 137 Å². The van der Waals surface area contributed by atoms with Crippen molar-refractivity contribution < 1.29 is 19.1 Å². The second-order valence-corrected chi connectivity index (χ2v) is 6.32. The zero-order chi connectivity index (χ0) is 17.5.